The van der Waals surface area contributed by atoms with Gasteiger partial charge in [0.1, 0.15) is 0 Å². The largest absolute Gasteiger partial charge is 0.454 e. The summed E-state index contributed by atoms with van der Waals surface area (Å²) in [4.78, 5) is 13.2. The van der Waals surface area contributed by atoms with Gasteiger partial charge in [-0.25, -0.2) is 0 Å². The van der Waals surface area contributed by atoms with Crippen LogP contribution in [0.25, 0.3) is 11.1 Å². The molecule has 0 saturated heterocycles. The number of pyridine rings is 1. The second kappa shape index (κ2) is 6.86. The van der Waals surface area contributed by atoms with Gasteiger partial charge in [0, 0.05) is 17.3 Å². The van der Waals surface area contributed by atoms with Gasteiger partial charge in [0.05, 0.1) is 6.54 Å². The Morgan fingerprint density at radius 1 is 1.00 bits per heavy atom. The lowest BCUT2D eigenvalue weighted by molar-refractivity contribution is 0.174. The first-order valence-corrected chi connectivity index (χ1v) is 9.91. The molecule has 2 heterocycles. The molecule has 0 saturated carbocycles. The van der Waals surface area contributed by atoms with Crippen LogP contribution in [0.15, 0.2) is 53.3 Å². The molecule has 0 unspecified atom stereocenters. The molecule has 1 aliphatic carbocycles. The number of nitrogens with zero attached hydrogens (tertiary/aromatic N) is 1. The van der Waals surface area contributed by atoms with Crippen LogP contribution in [0.3, 0.4) is 0 Å². The van der Waals surface area contributed by atoms with Gasteiger partial charge in [-0.05, 0) is 60.9 Å². The first-order chi connectivity index (χ1) is 13.7. The van der Waals surface area contributed by atoms with Crippen molar-refractivity contribution in [2.24, 2.45) is 0 Å². The van der Waals surface area contributed by atoms with E-state index in [0.29, 0.717) is 6.54 Å². The van der Waals surface area contributed by atoms with E-state index in [1.54, 1.807) is 6.07 Å². The van der Waals surface area contributed by atoms with Crippen molar-refractivity contribution < 1.29 is 9.47 Å². The molecule has 0 radical (unpaired) electrons. The third-order valence-corrected chi connectivity index (χ3v) is 5.82. The highest BCUT2D eigenvalue weighted by Gasteiger charge is 2.26. The topological polar surface area (TPSA) is 40.5 Å². The van der Waals surface area contributed by atoms with Crippen molar-refractivity contribution in [1.82, 2.24) is 4.57 Å². The van der Waals surface area contributed by atoms with Crippen LogP contribution >= 0.6 is 0 Å². The van der Waals surface area contributed by atoms with E-state index < -0.39 is 0 Å². The Morgan fingerprint density at radius 3 is 2.68 bits per heavy atom. The zero-order valence-electron chi connectivity index (χ0n) is 16.0. The summed E-state index contributed by atoms with van der Waals surface area (Å²) in [7, 11) is 0. The van der Waals surface area contributed by atoms with E-state index in [1.165, 1.54) is 11.3 Å². The highest BCUT2D eigenvalue weighted by molar-refractivity contribution is 5.80. The molecule has 0 fully saturated rings. The van der Waals surface area contributed by atoms with Gasteiger partial charge >= 0.3 is 0 Å². The van der Waals surface area contributed by atoms with Crippen molar-refractivity contribution in [2.75, 3.05) is 6.79 Å². The number of aromatic nitrogens is 1. The van der Waals surface area contributed by atoms with Crippen LogP contribution < -0.4 is 15.0 Å². The molecule has 3 aromatic rings. The molecular weight excluding hydrogens is 350 g/mol. The van der Waals surface area contributed by atoms with Crippen molar-refractivity contribution in [3.05, 3.63) is 81.3 Å². The molecule has 2 aromatic carbocycles. The van der Waals surface area contributed by atoms with Gasteiger partial charge in [-0.1, -0.05) is 36.4 Å². The quantitative estimate of drug-likeness (QED) is 0.680. The number of hydrogen-bond donors (Lipinski definition) is 0. The smallest absolute Gasteiger partial charge is 0.251 e. The van der Waals surface area contributed by atoms with Gasteiger partial charge in [-0.2, -0.15) is 0 Å². The zero-order valence-corrected chi connectivity index (χ0v) is 16.0. The number of benzene rings is 2. The summed E-state index contributed by atoms with van der Waals surface area (Å²) in [5.41, 5.74) is 6.80. The highest BCUT2D eigenvalue weighted by atomic mass is 16.7. The molecule has 0 amide bonds. The van der Waals surface area contributed by atoms with Crippen LogP contribution in [0, 0.1) is 6.92 Å². The number of hydrogen-bond acceptors (Lipinski definition) is 3. The van der Waals surface area contributed by atoms with E-state index in [1.807, 2.05) is 34.9 Å². The van der Waals surface area contributed by atoms with Gasteiger partial charge < -0.3 is 14.0 Å². The lowest BCUT2D eigenvalue weighted by Crippen LogP contribution is -2.27. The van der Waals surface area contributed by atoms with Crippen LogP contribution in [0.4, 0.5) is 0 Å². The Labute approximate surface area is 164 Å². The van der Waals surface area contributed by atoms with Crippen molar-refractivity contribution in [1.29, 1.82) is 0 Å². The molecule has 5 rings (SSSR count). The fourth-order valence-corrected chi connectivity index (χ4v) is 4.47. The van der Waals surface area contributed by atoms with Crippen molar-refractivity contribution in [2.45, 2.75) is 39.2 Å². The minimum atomic E-state index is 0.0513. The Morgan fingerprint density at radius 2 is 1.82 bits per heavy atom. The van der Waals surface area contributed by atoms with E-state index in [4.69, 9.17) is 9.47 Å². The first kappa shape index (κ1) is 17.1. The second-order valence-electron chi connectivity index (χ2n) is 7.59. The summed E-state index contributed by atoms with van der Waals surface area (Å²) in [6, 6.07) is 16.0. The number of rotatable bonds is 3. The molecule has 0 spiro atoms. The predicted molar refractivity (Wildman–Crippen MR) is 109 cm³/mol. The maximum absolute atomic E-state index is 13.2. The normalized spacial score (nSPS) is 14.8. The van der Waals surface area contributed by atoms with E-state index in [0.717, 1.165) is 59.4 Å². The SMILES string of the molecule is Cc1ccc2c(c1-c1cc(=O)n(Cc3ccccc3)c3c1CCCC3)OCO2. The molecular formula is C24H23NO3. The maximum atomic E-state index is 13.2. The summed E-state index contributed by atoms with van der Waals surface area (Å²) in [6.07, 6.45) is 4.20. The molecule has 1 aliphatic heterocycles. The molecule has 0 bridgehead atoms. The Hall–Kier alpha value is -3.01. The minimum Gasteiger partial charge on any atom is -0.454 e. The average Bonchev–Trinajstić information content (AvgIpc) is 3.20. The molecule has 4 nitrogen and oxygen atoms in total. The lowest BCUT2D eigenvalue weighted by Gasteiger charge is -2.25. The Bertz CT molecular complexity index is 1100. The summed E-state index contributed by atoms with van der Waals surface area (Å²) in [5, 5.41) is 0. The van der Waals surface area contributed by atoms with Crippen LogP contribution in [0.5, 0.6) is 11.5 Å². The van der Waals surface area contributed by atoms with Crippen LogP contribution in [0.2, 0.25) is 0 Å². The van der Waals surface area contributed by atoms with E-state index in [2.05, 4.69) is 19.1 Å². The van der Waals surface area contributed by atoms with Crippen LogP contribution in [-0.2, 0) is 19.4 Å². The van der Waals surface area contributed by atoms with Crippen LogP contribution in [-0.4, -0.2) is 11.4 Å². The third-order valence-electron chi connectivity index (χ3n) is 5.82. The molecule has 0 atom stereocenters. The Balaban J connectivity index is 1.71. The van der Waals surface area contributed by atoms with Crippen molar-refractivity contribution in [3.63, 3.8) is 0 Å². The van der Waals surface area contributed by atoms with Gasteiger partial charge in [0.25, 0.3) is 5.56 Å². The zero-order chi connectivity index (χ0) is 19.1. The fraction of sp³-hybridized carbons (Fsp3) is 0.292. The van der Waals surface area contributed by atoms with Gasteiger partial charge in [0.15, 0.2) is 11.5 Å². The summed E-state index contributed by atoms with van der Waals surface area (Å²) in [6.45, 7) is 2.93. The number of fused-ring (bicyclic) bond motifs is 2. The molecule has 28 heavy (non-hydrogen) atoms. The van der Waals surface area contributed by atoms with Crippen molar-refractivity contribution in [3.8, 4) is 22.6 Å². The van der Waals surface area contributed by atoms with Crippen molar-refractivity contribution >= 4 is 0 Å². The number of aryl methyl sites for hydroxylation is 1. The third kappa shape index (κ3) is 2.80. The maximum Gasteiger partial charge on any atom is 0.251 e. The predicted octanol–water partition coefficient (Wildman–Crippen LogP) is 4.48. The molecule has 142 valence electrons. The van der Waals surface area contributed by atoms with Gasteiger partial charge in [0.2, 0.25) is 6.79 Å². The van der Waals surface area contributed by atoms with Gasteiger partial charge in [-0.15, -0.1) is 0 Å². The molecule has 1 aromatic heterocycles. The van der Waals surface area contributed by atoms with Gasteiger partial charge in [-0.3, -0.25) is 4.79 Å². The van der Waals surface area contributed by atoms with E-state index >= 15 is 0 Å². The van der Waals surface area contributed by atoms with E-state index in [-0.39, 0.29) is 12.4 Å². The lowest BCUT2D eigenvalue weighted by atomic mass is 9.87. The summed E-state index contributed by atoms with van der Waals surface area (Å²) >= 11 is 0. The van der Waals surface area contributed by atoms with E-state index in [9.17, 15) is 4.79 Å². The first-order valence-electron chi connectivity index (χ1n) is 9.91. The summed E-state index contributed by atoms with van der Waals surface area (Å²) < 4.78 is 13.3. The molecule has 4 heteroatoms. The fourth-order valence-electron chi connectivity index (χ4n) is 4.47. The average molecular weight is 373 g/mol. The van der Waals surface area contributed by atoms with Crippen LogP contribution in [0.1, 0.15) is 35.2 Å². The summed E-state index contributed by atoms with van der Waals surface area (Å²) in [5.74, 6) is 1.53. The monoisotopic (exact) mass is 373 g/mol. The standard InChI is InChI=1S/C24H23NO3/c1-16-11-12-21-24(28-15-27-21)23(16)19-13-22(26)25(14-17-7-3-2-4-8-17)20-10-6-5-9-18(19)20/h2-4,7-8,11-13H,5-6,9-10,14-15H2,1H3. The Kier molecular flexibility index (Phi) is 4.19. The highest BCUT2D eigenvalue weighted by Crippen LogP contribution is 2.45. The minimum absolute atomic E-state index is 0.0513. The molecule has 2 aliphatic rings. The second-order valence-corrected chi connectivity index (χ2v) is 7.59. The number of ether oxygens (including phenoxy) is 2. The molecule has 0 N–H and O–H groups in total.